The summed E-state index contributed by atoms with van der Waals surface area (Å²) in [4.78, 5) is 1.99. The van der Waals surface area contributed by atoms with Gasteiger partial charge in [-0.05, 0) is 49.6 Å². The number of halogens is 2. The van der Waals surface area contributed by atoms with Crippen LogP contribution < -0.4 is 10.6 Å². The van der Waals surface area contributed by atoms with E-state index in [1.54, 1.807) is 12.1 Å². The second-order valence-corrected chi connectivity index (χ2v) is 5.59. The highest BCUT2D eigenvalue weighted by atomic mass is 19.1. The van der Waals surface area contributed by atoms with Crippen LogP contribution in [0.25, 0.3) is 0 Å². The molecule has 0 aliphatic carbocycles. The zero-order valence-electron chi connectivity index (χ0n) is 11.9. The van der Waals surface area contributed by atoms with Crippen molar-refractivity contribution in [2.75, 3.05) is 11.4 Å². The molecule has 0 fully saturated rings. The molecule has 1 unspecified atom stereocenters. The summed E-state index contributed by atoms with van der Waals surface area (Å²) in [6.07, 6.45) is 1.30. The van der Waals surface area contributed by atoms with Crippen molar-refractivity contribution in [1.82, 2.24) is 0 Å². The van der Waals surface area contributed by atoms with Crippen LogP contribution in [0.4, 0.5) is 20.2 Å². The van der Waals surface area contributed by atoms with Gasteiger partial charge in [-0.15, -0.1) is 0 Å². The summed E-state index contributed by atoms with van der Waals surface area (Å²) in [5.41, 5.74) is 9.14. The molecule has 3 rings (SSSR count). The number of hydrogen-bond acceptors (Lipinski definition) is 2. The molecule has 0 saturated carbocycles. The van der Waals surface area contributed by atoms with Crippen molar-refractivity contribution in [2.45, 2.75) is 25.8 Å². The summed E-state index contributed by atoms with van der Waals surface area (Å²) in [7, 11) is 0. The highest BCUT2D eigenvalue weighted by molar-refractivity contribution is 5.72. The van der Waals surface area contributed by atoms with Crippen molar-refractivity contribution in [3.05, 3.63) is 59.2 Å². The fourth-order valence-electron chi connectivity index (χ4n) is 2.93. The maximum Gasteiger partial charge on any atom is 0.128 e. The lowest BCUT2D eigenvalue weighted by molar-refractivity contribution is 0.596. The standard InChI is InChI=1S/C17H18F2N2/c1-11(20)9-14-15(19)3-2-4-16(14)21-8-7-12-5-6-13(18)10-17(12)21/h2-6,10-11H,7-9,20H2,1H3. The molecule has 2 N–H and O–H groups in total. The quantitative estimate of drug-likeness (QED) is 0.936. The predicted molar refractivity (Wildman–Crippen MR) is 80.9 cm³/mol. The third-order valence-corrected chi connectivity index (χ3v) is 3.85. The predicted octanol–water partition coefficient (Wildman–Crippen LogP) is 3.55. The van der Waals surface area contributed by atoms with Crippen LogP contribution in [0, 0.1) is 11.6 Å². The molecule has 0 aromatic heterocycles. The van der Waals surface area contributed by atoms with E-state index in [2.05, 4.69) is 0 Å². The monoisotopic (exact) mass is 288 g/mol. The number of nitrogens with two attached hydrogens (primary N) is 1. The van der Waals surface area contributed by atoms with Crippen LogP contribution in [0.15, 0.2) is 36.4 Å². The van der Waals surface area contributed by atoms with E-state index in [-0.39, 0.29) is 17.7 Å². The molecule has 4 heteroatoms. The summed E-state index contributed by atoms with van der Waals surface area (Å²) in [6.45, 7) is 2.59. The molecule has 0 spiro atoms. The van der Waals surface area contributed by atoms with E-state index in [0.717, 1.165) is 29.9 Å². The van der Waals surface area contributed by atoms with Crippen LogP contribution >= 0.6 is 0 Å². The van der Waals surface area contributed by atoms with Crippen molar-refractivity contribution in [2.24, 2.45) is 5.73 Å². The Labute approximate surface area is 123 Å². The summed E-state index contributed by atoms with van der Waals surface area (Å²) < 4.78 is 27.7. The van der Waals surface area contributed by atoms with Gasteiger partial charge in [0.15, 0.2) is 0 Å². The zero-order valence-corrected chi connectivity index (χ0v) is 11.9. The lowest BCUT2D eigenvalue weighted by Crippen LogP contribution is -2.22. The fourth-order valence-corrected chi connectivity index (χ4v) is 2.93. The van der Waals surface area contributed by atoms with Crippen molar-refractivity contribution >= 4 is 11.4 Å². The average molecular weight is 288 g/mol. The van der Waals surface area contributed by atoms with Gasteiger partial charge in [0.25, 0.3) is 0 Å². The van der Waals surface area contributed by atoms with E-state index < -0.39 is 0 Å². The number of anilines is 2. The summed E-state index contributed by atoms with van der Waals surface area (Å²) in [5.74, 6) is -0.527. The summed E-state index contributed by atoms with van der Waals surface area (Å²) in [6, 6.07) is 9.67. The van der Waals surface area contributed by atoms with E-state index >= 15 is 0 Å². The van der Waals surface area contributed by atoms with Gasteiger partial charge in [0.2, 0.25) is 0 Å². The first-order valence-corrected chi connectivity index (χ1v) is 7.15. The highest BCUT2D eigenvalue weighted by Crippen LogP contribution is 2.37. The van der Waals surface area contributed by atoms with Crippen molar-refractivity contribution in [3.63, 3.8) is 0 Å². The van der Waals surface area contributed by atoms with E-state index in [1.807, 2.05) is 17.9 Å². The minimum atomic E-state index is -0.272. The minimum absolute atomic E-state index is 0.129. The number of fused-ring (bicyclic) bond motifs is 1. The SMILES string of the molecule is CC(N)Cc1c(F)cccc1N1CCc2ccc(F)cc21. The van der Waals surface area contributed by atoms with Crippen molar-refractivity contribution in [3.8, 4) is 0 Å². The Morgan fingerprint density at radius 1 is 1.19 bits per heavy atom. The van der Waals surface area contributed by atoms with Gasteiger partial charge in [-0.3, -0.25) is 0 Å². The number of hydrogen-bond donors (Lipinski definition) is 1. The average Bonchev–Trinajstić information content (AvgIpc) is 2.83. The number of benzene rings is 2. The van der Waals surface area contributed by atoms with Crippen molar-refractivity contribution < 1.29 is 8.78 Å². The van der Waals surface area contributed by atoms with Gasteiger partial charge in [0.1, 0.15) is 11.6 Å². The Morgan fingerprint density at radius 2 is 2.00 bits per heavy atom. The molecule has 1 atom stereocenters. The minimum Gasteiger partial charge on any atom is -0.341 e. The van der Waals surface area contributed by atoms with Crippen LogP contribution in [0.3, 0.4) is 0 Å². The molecule has 0 saturated heterocycles. The first-order valence-electron chi connectivity index (χ1n) is 7.15. The Morgan fingerprint density at radius 3 is 2.76 bits per heavy atom. The molecule has 2 aromatic carbocycles. The third kappa shape index (κ3) is 2.63. The van der Waals surface area contributed by atoms with Gasteiger partial charge in [-0.25, -0.2) is 8.78 Å². The topological polar surface area (TPSA) is 29.3 Å². The Bertz CT molecular complexity index is 668. The molecule has 0 bridgehead atoms. The molecule has 21 heavy (non-hydrogen) atoms. The fraction of sp³-hybridized carbons (Fsp3) is 0.294. The van der Waals surface area contributed by atoms with Crippen LogP contribution in [-0.4, -0.2) is 12.6 Å². The lowest BCUT2D eigenvalue weighted by Gasteiger charge is -2.24. The van der Waals surface area contributed by atoms with E-state index in [9.17, 15) is 8.78 Å². The third-order valence-electron chi connectivity index (χ3n) is 3.85. The maximum absolute atomic E-state index is 14.2. The molecule has 1 heterocycles. The van der Waals surface area contributed by atoms with Crippen LogP contribution in [0.5, 0.6) is 0 Å². The van der Waals surface area contributed by atoms with Gasteiger partial charge in [-0.1, -0.05) is 12.1 Å². The lowest BCUT2D eigenvalue weighted by atomic mass is 10.0. The summed E-state index contributed by atoms with van der Waals surface area (Å²) in [5, 5.41) is 0. The van der Waals surface area contributed by atoms with E-state index in [4.69, 9.17) is 5.73 Å². The molecule has 2 nitrogen and oxygen atoms in total. The van der Waals surface area contributed by atoms with Crippen LogP contribution in [0.2, 0.25) is 0 Å². The molecule has 0 amide bonds. The smallest absolute Gasteiger partial charge is 0.128 e. The molecule has 1 aliphatic heterocycles. The Kier molecular flexibility index (Phi) is 3.64. The normalized spacial score (nSPS) is 15.1. The van der Waals surface area contributed by atoms with Gasteiger partial charge in [0, 0.05) is 29.5 Å². The second kappa shape index (κ2) is 5.45. The first-order chi connectivity index (χ1) is 10.1. The number of rotatable bonds is 3. The number of nitrogens with zero attached hydrogens (tertiary/aromatic N) is 1. The zero-order chi connectivity index (χ0) is 15.0. The summed E-state index contributed by atoms with van der Waals surface area (Å²) >= 11 is 0. The van der Waals surface area contributed by atoms with Gasteiger partial charge < -0.3 is 10.6 Å². The Hall–Kier alpha value is -1.94. The van der Waals surface area contributed by atoms with E-state index in [0.29, 0.717) is 12.0 Å². The maximum atomic E-state index is 14.2. The van der Waals surface area contributed by atoms with Gasteiger partial charge >= 0.3 is 0 Å². The highest BCUT2D eigenvalue weighted by Gasteiger charge is 2.24. The molecular formula is C17H18F2N2. The molecule has 110 valence electrons. The molecular weight excluding hydrogens is 270 g/mol. The van der Waals surface area contributed by atoms with Crippen LogP contribution in [-0.2, 0) is 12.8 Å². The molecule has 0 radical (unpaired) electrons. The van der Waals surface area contributed by atoms with Crippen molar-refractivity contribution in [1.29, 1.82) is 0 Å². The van der Waals surface area contributed by atoms with E-state index in [1.165, 1.54) is 18.2 Å². The molecule has 2 aromatic rings. The Balaban J connectivity index is 2.07. The first kappa shape index (κ1) is 14.0. The van der Waals surface area contributed by atoms with Crippen LogP contribution in [0.1, 0.15) is 18.1 Å². The molecule has 1 aliphatic rings. The van der Waals surface area contributed by atoms with Gasteiger partial charge in [-0.2, -0.15) is 0 Å². The second-order valence-electron chi connectivity index (χ2n) is 5.59. The van der Waals surface area contributed by atoms with Gasteiger partial charge in [0.05, 0.1) is 0 Å². The largest absolute Gasteiger partial charge is 0.341 e.